The Morgan fingerprint density at radius 3 is 2.03 bits per heavy atom. The Morgan fingerprint density at radius 1 is 0.742 bits per heavy atom. The average Bonchev–Trinajstić information content (AvgIpc) is 2.83. The molecule has 0 radical (unpaired) electrons. The van der Waals surface area contributed by atoms with Crippen molar-refractivity contribution in [3.63, 3.8) is 0 Å². The van der Waals surface area contributed by atoms with Crippen molar-refractivity contribution in [3.8, 4) is 16.9 Å². The number of aryl methyl sites for hydroxylation is 1. The summed E-state index contributed by atoms with van der Waals surface area (Å²) in [4.78, 5) is 0. The Labute approximate surface area is 184 Å². The number of rotatable bonds is 7. The number of benzene rings is 4. The molecule has 4 rings (SSSR count). The second-order valence-corrected chi connectivity index (χ2v) is 7.75. The van der Waals surface area contributed by atoms with Gasteiger partial charge in [-0.25, -0.2) is 0 Å². The van der Waals surface area contributed by atoms with Gasteiger partial charge in [-0.05, 0) is 47.4 Å². The summed E-state index contributed by atoms with van der Waals surface area (Å²) < 4.78 is 5.50. The first-order valence-electron chi connectivity index (χ1n) is 10.5. The van der Waals surface area contributed by atoms with Gasteiger partial charge in [-0.15, -0.1) is 0 Å². The predicted molar refractivity (Wildman–Crippen MR) is 129 cm³/mol. The normalized spacial score (nSPS) is 12.7. The van der Waals surface area contributed by atoms with E-state index in [2.05, 4.69) is 85.0 Å². The third-order valence-electron chi connectivity index (χ3n) is 5.54. The molecular weight excluding hydrogens is 380 g/mol. The van der Waals surface area contributed by atoms with E-state index in [0.29, 0.717) is 0 Å². The number of nitrogens with one attached hydrogen (secondary N) is 1. The van der Waals surface area contributed by atoms with E-state index in [1.54, 1.807) is 7.11 Å². The van der Waals surface area contributed by atoms with E-state index < -0.39 is 0 Å². The van der Waals surface area contributed by atoms with Gasteiger partial charge in [0.05, 0.1) is 19.2 Å². The number of anilines is 1. The van der Waals surface area contributed by atoms with E-state index in [4.69, 9.17) is 10.5 Å². The van der Waals surface area contributed by atoms with Crippen LogP contribution in [0.25, 0.3) is 11.1 Å². The topological polar surface area (TPSA) is 47.3 Å². The Morgan fingerprint density at radius 2 is 1.35 bits per heavy atom. The Bertz CT molecular complexity index is 1130. The van der Waals surface area contributed by atoms with Gasteiger partial charge in [0.15, 0.2) is 0 Å². The molecule has 3 heteroatoms. The summed E-state index contributed by atoms with van der Waals surface area (Å²) >= 11 is 0. The molecule has 31 heavy (non-hydrogen) atoms. The summed E-state index contributed by atoms with van der Waals surface area (Å²) in [6.07, 6.45) is 0. The van der Waals surface area contributed by atoms with Crippen LogP contribution in [0.5, 0.6) is 5.75 Å². The maximum atomic E-state index is 6.80. The summed E-state index contributed by atoms with van der Waals surface area (Å²) in [6.45, 7) is 2.08. The molecule has 3 nitrogen and oxygen atoms in total. The van der Waals surface area contributed by atoms with E-state index in [1.807, 2.05) is 30.3 Å². The minimum Gasteiger partial charge on any atom is -0.497 e. The van der Waals surface area contributed by atoms with Crippen LogP contribution in [-0.4, -0.2) is 7.11 Å². The Kier molecular flexibility index (Phi) is 6.34. The van der Waals surface area contributed by atoms with Gasteiger partial charge in [-0.1, -0.05) is 84.9 Å². The van der Waals surface area contributed by atoms with Crippen LogP contribution in [0.15, 0.2) is 103 Å². The second kappa shape index (κ2) is 9.50. The number of hydrogen-bond acceptors (Lipinski definition) is 3. The lowest BCUT2D eigenvalue weighted by molar-refractivity contribution is 0.414. The first-order valence-corrected chi connectivity index (χ1v) is 10.5. The molecule has 0 aliphatic rings. The van der Waals surface area contributed by atoms with E-state index in [0.717, 1.165) is 39.3 Å². The van der Waals surface area contributed by atoms with Gasteiger partial charge in [-0.3, -0.25) is 0 Å². The first-order chi connectivity index (χ1) is 15.2. The number of ether oxygens (including phenoxy) is 1. The average molecular weight is 409 g/mol. The van der Waals surface area contributed by atoms with Crippen molar-refractivity contribution >= 4 is 5.69 Å². The van der Waals surface area contributed by atoms with Crippen molar-refractivity contribution in [3.05, 3.63) is 120 Å². The number of nitrogens with two attached hydrogens (primary N) is 1. The van der Waals surface area contributed by atoms with E-state index >= 15 is 0 Å². The lowest BCUT2D eigenvalue weighted by atomic mass is 9.93. The van der Waals surface area contributed by atoms with Gasteiger partial charge >= 0.3 is 0 Å². The Hall–Kier alpha value is -3.56. The fourth-order valence-electron chi connectivity index (χ4n) is 3.96. The summed E-state index contributed by atoms with van der Waals surface area (Å²) in [6, 6.07) is 35.0. The molecule has 0 saturated carbocycles. The lowest BCUT2D eigenvalue weighted by Gasteiger charge is -2.28. The fourth-order valence-corrected chi connectivity index (χ4v) is 3.96. The highest BCUT2D eigenvalue weighted by Gasteiger charge is 2.22. The van der Waals surface area contributed by atoms with Crippen LogP contribution in [0.4, 0.5) is 5.69 Å². The summed E-state index contributed by atoms with van der Waals surface area (Å²) in [7, 11) is 1.70. The highest BCUT2D eigenvalue weighted by atomic mass is 16.5. The molecule has 0 saturated heterocycles. The molecule has 0 spiro atoms. The van der Waals surface area contributed by atoms with Gasteiger partial charge in [0.1, 0.15) is 5.75 Å². The highest BCUT2D eigenvalue weighted by Crippen LogP contribution is 2.36. The summed E-state index contributed by atoms with van der Waals surface area (Å²) in [5.74, 6) is 0.852. The van der Waals surface area contributed by atoms with Gasteiger partial charge < -0.3 is 15.8 Å². The molecule has 0 bridgehead atoms. The van der Waals surface area contributed by atoms with Crippen LogP contribution in [-0.2, 0) is 0 Å². The standard InChI is InChI=1S/C28H28N2O/c1-20-17-23(19-24(18-20)31-2)25-15-9-10-16-26(25)30-28(22-13-7-4-8-14-22)27(29)21-11-5-3-6-12-21/h3-19,27-28,30H,29H2,1-2H3/t27-,28-/m0/s1. The molecule has 4 aromatic rings. The molecule has 0 unspecified atom stereocenters. The van der Waals surface area contributed by atoms with Crippen molar-refractivity contribution in [2.45, 2.75) is 19.0 Å². The molecule has 0 heterocycles. The van der Waals surface area contributed by atoms with Crippen molar-refractivity contribution < 1.29 is 4.74 Å². The number of para-hydroxylation sites is 1. The number of hydrogen-bond donors (Lipinski definition) is 2. The minimum absolute atomic E-state index is 0.0866. The van der Waals surface area contributed by atoms with Crippen molar-refractivity contribution in [1.29, 1.82) is 0 Å². The van der Waals surface area contributed by atoms with Crippen LogP contribution >= 0.6 is 0 Å². The third-order valence-corrected chi connectivity index (χ3v) is 5.54. The highest BCUT2D eigenvalue weighted by molar-refractivity contribution is 5.79. The van der Waals surface area contributed by atoms with Gasteiger partial charge in [0.2, 0.25) is 0 Å². The predicted octanol–water partition coefficient (Wildman–Crippen LogP) is 6.52. The second-order valence-electron chi connectivity index (χ2n) is 7.75. The molecule has 156 valence electrons. The third kappa shape index (κ3) is 4.79. The van der Waals surface area contributed by atoms with Gasteiger partial charge in [-0.2, -0.15) is 0 Å². The molecule has 0 amide bonds. The van der Waals surface area contributed by atoms with Crippen LogP contribution in [0, 0.1) is 6.92 Å². The smallest absolute Gasteiger partial charge is 0.119 e. The largest absolute Gasteiger partial charge is 0.497 e. The van der Waals surface area contributed by atoms with Crippen LogP contribution in [0.3, 0.4) is 0 Å². The zero-order valence-corrected chi connectivity index (χ0v) is 18.0. The van der Waals surface area contributed by atoms with Crippen molar-refractivity contribution in [1.82, 2.24) is 0 Å². The van der Waals surface area contributed by atoms with E-state index in [9.17, 15) is 0 Å². The maximum Gasteiger partial charge on any atom is 0.119 e. The molecule has 0 aliphatic carbocycles. The monoisotopic (exact) mass is 408 g/mol. The van der Waals surface area contributed by atoms with Crippen LogP contribution in [0.1, 0.15) is 28.8 Å². The van der Waals surface area contributed by atoms with E-state index in [1.165, 1.54) is 0 Å². The SMILES string of the molecule is COc1cc(C)cc(-c2ccccc2N[C@@H](c2ccccc2)[C@@H](N)c2ccccc2)c1. The molecule has 2 atom stereocenters. The van der Waals surface area contributed by atoms with Crippen molar-refractivity contribution in [2.24, 2.45) is 5.73 Å². The zero-order chi connectivity index (χ0) is 21.6. The fraction of sp³-hybridized carbons (Fsp3) is 0.143. The summed E-state index contributed by atoms with van der Waals surface area (Å²) in [5.41, 5.74) is 13.5. The van der Waals surface area contributed by atoms with Crippen molar-refractivity contribution in [2.75, 3.05) is 12.4 Å². The van der Waals surface area contributed by atoms with Gasteiger partial charge in [0.25, 0.3) is 0 Å². The first kappa shape index (κ1) is 20.7. The molecule has 4 aromatic carbocycles. The van der Waals surface area contributed by atoms with Crippen LogP contribution in [0.2, 0.25) is 0 Å². The molecule has 0 aliphatic heterocycles. The maximum absolute atomic E-state index is 6.80. The van der Waals surface area contributed by atoms with Crippen LogP contribution < -0.4 is 15.8 Å². The molecule has 0 aromatic heterocycles. The lowest BCUT2D eigenvalue weighted by Crippen LogP contribution is -2.26. The van der Waals surface area contributed by atoms with Gasteiger partial charge in [0, 0.05) is 11.3 Å². The minimum atomic E-state index is -0.205. The molecule has 3 N–H and O–H groups in total. The summed E-state index contributed by atoms with van der Waals surface area (Å²) in [5, 5.41) is 3.75. The zero-order valence-electron chi connectivity index (χ0n) is 18.0. The quantitative estimate of drug-likeness (QED) is 0.366. The van der Waals surface area contributed by atoms with E-state index in [-0.39, 0.29) is 12.1 Å². The Balaban J connectivity index is 1.76. The molecular formula is C28H28N2O. The molecule has 0 fully saturated rings. The number of methoxy groups -OCH3 is 1.